The zero-order chi connectivity index (χ0) is 6.36. The molecule has 0 nitrogen and oxygen atoms in total. The molecular weight excluding hydrogens is 96.1 g/mol. The van der Waals surface area contributed by atoms with E-state index in [2.05, 4.69) is 27.7 Å². The lowest BCUT2D eigenvalue weighted by atomic mass is 9.89. The molecule has 0 N–H and O–H groups in total. The van der Waals surface area contributed by atoms with Crippen LogP contribution in [0, 0.1) is 17.3 Å². The Labute approximate surface area is 52.3 Å². The smallest absolute Gasteiger partial charge is 0.0874 e. The fourth-order valence-electron chi connectivity index (χ4n) is 1.32. The number of hydrogen-bond acceptors (Lipinski definition) is 0. The van der Waals surface area contributed by atoms with Crippen LogP contribution in [0.1, 0.15) is 34.1 Å². The van der Waals surface area contributed by atoms with Gasteiger partial charge in [-0.3, -0.25) is 0 Å². The molecule has 48 valence electrons. The summed E-state index contributed by atoms with van der Waals surface area (Å²) in [6, 6.07) is 0. The molecule has 0 heterocycles. The molecule has 1 aliphatic carbocycles. The minimum Gasteiger partial charge on any atom is -0.310 e. The third kappa shape index (κ3) is 1.04. The van der Waals surface area contributed by atoms with Crippen molar-refractivity contribution in [2.75, 3.05) is 0 Å². The molecule has 1 atom stereocenters. The van der Waals surface area contributed by atoms with Gasteiger partial charge in [-0.15, -0.1) is 0 Å². The number of hydrogen-bond donors (Lipinski definition) is 0. The summed E-state index contributed by atoms with van der Waals surface area (Å²) in [4.78, 5) is 0. The van der Waals surface area contributed by atoms with Crippen LogP contribution in [-0.4, -0.2) is 0 Å². The molecule has 1 aliphatic rings. The lowest BCUT2D eigenvalue weighted by Gasteiger charge is -2.30. The summed E-state index contributed by atoms with van der Waals surface area (Å²) in [5, 5.41) is 0. The molecule has 0 aromatic rings. The highest BCUT2D eigenvalue weighted by atomic mass is 14.5. The van der Waals surface area contributed by atoms with Gasteiger partial charge >= 0.3 is 0 Å². The van der Waals surface area contributed by atoms with Crippen molar-refractivity contribution in [1.82, 2.24) is 0 Å². The summed E-state index contributed by atoms with van der Waals surface area (Å²) in [5.74, 6) is 2.67. The van der Waals surface area contributed by atoms with E-state index in [9.17, 15) is 0 Å². The Balaban J connectivity index is 2.39. The Morgan fingerprint density at radius 3 is 1.75 bits per heavy atom. The standard InChI is InChI=1S/C8H15/c1-6-5-7(6)8(2,3)4/h6H,5H2,1-4H3/q-1. The van der Waals surface area contributed by atoms with Crippen LogP contribution in [0.2, 0.25) is 0 Å². The van der Waals surface area contributed by atoms with Crippen molar-refractivity contribution in [3.8, 4) is 0 Å². The van der Waals surface area contributed by atoms with Crippen molar-refractivity contribution in [3.63, 3.8) is 0 Å². The van der Waals surface area contributed by atoms with E-state index in [-0.39, 0.29) is 0 Å². The SMILES string of the molecule is CC1C[C-]1C(C)(C)C. The third-order valence-electron chi connectivity index (χ3n) is 1.92. The molecule has 0 saturated heterocycles. The van der Waals surface area contributed by atoms with E-state index in [0.29, 0.717) is 5.41 Å². The van der Waals surface area contributed by atoms with Crippen LogP contribution in [-0.2, 0) is 0 Å². The Morgan fingerprint density at radius 2 is 1.75 bits per heavy atom. The van der Waals surface area contributed by atoms with Gasteiger partial charge in [0.25, 0.3) is 0 Å². The zero-order valence-corrected chi connectivity index (χ0v) is 6.28. The molecule has 0 radical (unpaired) electrons. The summed E-state index contributed by atoms with van der Waals surface area (Å²) < 4.78 is 0. The van der Waals surface area contributed by atoms with Gasteiger partial charge in [0, 0.05) is 0 Å². The van der Waals surface area contributed by atoms with Gasteiger partial charge in [0.1, 0.15) is 0 Å². The van der Waals surface area contributed by atoms with E-state index in [0.717, 1.165) is 5.92 Å². The van der Waals surface area contributed by atoms with Crippen molar-refractivity contribution in [2.45, 2.75) is 34.1 Å². The maximum absolute atomic E-state index is 2.31. The lowest BCUT2D eigenvalue weighted by molar-refractivity contribution is 0.467. The fourth-order valence-corrected chi connectivity index (χ4v) is 1.32. The summed E-state index contributed by atoms with van der Waals surface area (Å²) in [6.07, 6.45) is 1.38. The van der Waals surface area contributed by atoms with Crippen LogP contribution in [0.25, 0.3) is 0 Å². The molecule has 0 spiro atoms. The van der Waals surface area contributed by atoms with Crippen molar-refractivity contribution >= 4 is 0 Å². The summed E-state index contributed by atoms with van der Waals surface area (Å²) in [6.45, 7) is 9.20. The monoisotopic (exact) mass is 111 g/mol. The van der Waals surface area contributed by atoms with E-state index in [1.54, 1.807) is 5.92 Å². The van der Waals surface area contributed by atoms with Crippen LogP contribution < -0.4 is 0 Å². The molecule has 0 bridgehead atoms. The molecular formula is C8H15-. The molecule has 1 unspecified atom stereocenters. The van der Waals surface area contributed by atoms with Gasteiger partial charge in [-0.05, 0) is 0 Å². The van der Waals surface area contributed by atoms with Gasteiger partial charge in [-0.1, -0.05) is 27.7 Å². The second-order valence-electron chi connectivity index (χ2n) is 3.88. The van der Waals surface area contributed by atoms with E-state index >= 15 is 0 Å². The predicted octanol–water partition coefficient (Wildman–Crippen LogP) is 2.65. The molecule has 0 aromatic heterocycles. The fraction of sp³-hybridized carbons (Fsp3) is 0.875. The Bertz CT molecular complexity index is 86.7. The molecule has 0 aliphatic heterocycles. The van der Waals surface area contributed by atoms with Gasteiger partial charge in [0.15, 0.2) is 0 Å². The average Bonchev–Trinajstić information content (AvgIpc) is 2.13. The molecule has 1 saturated carbocycles. The maximum atomic E-state index is 2.31. The normalized spacial score (nSPS) is 30.8. The lowest BCUT2D eigenvalue weighted by Crippen LogP contribution is -2.06. The molecule has 8 heavy (non-hydrogen) atoms. The first-order valence-electron chi connectivity index (χ1n) is 3.38. The minimum atomic E-state index is 0.499. The Kier molecular flexibility index (Phi) is 1.14. The van der Waals surface area contributed by atoms with E-state index in [4.69, 9.17) is 0 Å². The molecule has 1 rings (SSSR count). The van der Waals surface area contributed by atoms with E-state index < -0.39 is 0 Å². The maximum Gasteiger partial charge on any atom is -0.0874 e. The topological polar surface area (TPSA) is 0 Å². The van der Waals surface area contributed by atoms with Crippen molar-refractivity contribution < 1.29 is 0 Å². The van der Waals surface area contributed by atoms with Gasteiger partial charge in [0.2, 0.25) is 0 Å². The molecule has 0 aromatic carbocycles. The Hall–Kier alpha value is 0. The summed E-state index contributed by atoms with van der Waals surface area (Å²) in [5.41, 5.74) is 0.499. The third-order valence-corrected chi connectivity index (χ3v) is 1.92. The highest BCUT2D eigenvalue weighted by Gasteiger charge is 2.24. The molecule has 0 amide bonds. The van der Waals surface area contributed by atoms with E-state index in [1.165, 1.54) is 6.42 Å². The second kappa shape index (κ2) is 1.49. The number of rotatable bonds is 0. The van der Waals surface area contributed by atoms with Crippen molar-refractivity contribution in [1.29, 1.82) is 0 Å². The van der Waals surface area contributed by atoms with Crippen LogP contribution in [0.4, 0.5) is 0 Å². The average molecular weight is 111 g/mol. The first-order chi connectivity index (χ1) is 3.52. The summed E-state index contributed by atoms with van der Waals surface area (Å²) in [7, 11) is 0. The Morgan fingerprint density at radius 1 is 1.38 bits per heavy atom. The predicted molar refractivity (Wildman–Crippen MR) is 36.5 cm³/mol. The van der Waals surface area contributed by atoms with Gasteiger partial charge < -0.3 is 5.92 Å². The van der Waals surface area contributed by atoms with Crippen LogP contribution in [0.5, 0.6) is 0 Å². The summed E-state index contributed by atoms with van der Waals surface area (Å²) >= 11 is 0. The van der Waals surface area contributed by atoms with Gasteiger partial charge in [-0.2, -0.15) is 11.3 Å². The molecule has 0 heteroatoms. The largest absolute Gasteiger partial charge is 0.310 e. The van der Waals surface area contributed by atoms with Crippen molar-refractivity contribution in [2.24, 2.45) is 11.3 Å². The highest BCUT2D eigenvalue weighted by molar-refractivity contribution is 5.18. The first-order valence-corrected chi connectivity index (χ1v) is 3.38. The van der Waals surface area contributed by atoms with Crippen LogP contribution in [0.3, 0.4) is 0 Å². The first kappa shape index (κ1) is 6.12. The van der Waals surface area contributed by atoms with Crippen molar-refractivity contribution in [3.05, 3.63) is 5.92 Å². The van der Waals surface area contributed by atoms with Crippen LogP contribution in [0.15, 0.2) is 0 Å². The van der Waals surface area contributed by atoms with E-state index in [1.807, 2.05) is 0 Å². The zero-order valence-electron chi connectivity index (χ0n) is 6.28. The second-order valence-corrected chi connectivity index (χ2v) is 3.88. The van der Waals surface area contributed by atoms with Crippen LogP contribution >= 0.6 is 0 Å². The quantitative estimate of drug-likeness (QED) is 0.421. The minimum absolute atomic E-state index is 0.499. The molecule has 1 fully saturated rings. The van der Waals surface area contributed by atoms with Gasteiger partial charge in [-0.25, -0.2) is 6.42 Å². The van der Waals surface area contributed by atoms with Gasteiger partial charge in [0.05, 0.1) is 0 Å². The highest BCUT2D eigenvalue weighted by Crippen LogP contribution is 2.52.